The highest BCUT2D eigenvalue weighted by molar-refractivity contribution is 5.96. The first-order valence-corrected chi connectivity index (χ1v) is 5.97. The smallest absolute Gasteiger partial charge is 0.337 e. The minimum absolute atomic E-state index is 0.0968. The van der Waals surface area contributed by atoms with E-state index in [-0.39, 0.29) is 17.4 Å². The Labute approximate surface area is 105 Å². The maximum absolute atomic E-state index is 11.0. The van der Waals surface area contributed by atoms with Gasteiger partial charge in [0.25, 0.3) is 0 Å². The summed E-state index contributed by atoms with van der Waals surface area (Å²) in [6.07, 6.45) is 2.54. The first-order chi connectivity index (χ1) is 8.63. The van der Waals surface area contributed by atoms with Crippen molar-refractivity contribution in [2.45, 2.75) is 19.4 Å². The Bertz CT molecular complexity index is 450. The van der Waals surface area contributed by atoms with Crippen molar-refractivity contribution in [1.29, 1.82) is 0 Å². The van der Waals surface area contributed by atoms with E-state index in [4.69, 9.17) is 15.6 Å². The van der Waals surface area contributed by atoms with Gasteiger partial charge in [0.1, 0.15) is 0 Å². The van der Waals surface area contributed by atoms with E-state index in [2.05, 4.69) is 11.9 Å². The minimum atomic E-state index is -1.03. The van der Waals surface area contributed by atoms with Crippen LogP contribution in [-0.4, -0.2) is 41.9 Å². The summed E-state index contributed by atoms with van der Waals surface area (Å²) < 4.78 is 5.57. The Hall–Kier alpha value is -1.82. The van der Waals surface area contributed by atoms with Crippen LogP contribution in [0.15, 0.2) is 12.3 Å². The van der Waals surface area contributed by atoms with Gasteiger partial charge in [-0.2, -0.15) is 0 Å². The van der Waals surface area contributed by atoms with Gasteiger partial charge in [-0.3, -0.25) is 0 Å². The molecule has 0 aliphatic carbocycles. The largest absolute Gasteiger partial charge is 0.478 e. The zero-order valence-electron chi connectivity index (χ0n) is 10.3. The molecule has 1 saturated heterocycles. The van der Waals surface area contributed by atoms with Gasteiger partial charge in [0.15, 0.2) is 5.82 Å². The molecule has 1 aliphatic heterocycles. The van der Waals surface area contributed by atoms with E-state index >= 15 is 0 Å². The normalized spacial score (nSPS) is 19.8. The molecule has 0 bridgehead atoms. The lowest BCUT2D eigenvalue weighted by Crippen LogP contribution is -2.43. The van der Waals surface area contributed by atoms with Crippen LogP contribution in [0.4, 0.5) is 11.5 Å². The molecule has 0 amide bonds. The van der Waals surface area contributed by atoms with Gasteiger partial charge in [-0.05, 0) is 12.5 Å². The van der Waals surface area contributed by atoms with Gasteiger partial charge < -0.3 is 20.5 Å². The molecule has 1 aromatic heterocycles. The Morgan fingerprint density at radius 1 is 1.72 bits per heavy atom. The minimum Gasteiger partial charge on any atom is -0.478 e. The summed E-state index contributed by atoms with van der Waals surface area (Å²) in [6.45, 7) is 4.03. The Kier molecular flexibility index (Phi) is 3.66. The fourth-order valence-electron chi connectivity index (χ4n) is 2.06. The molecule has 6 nitrogen and oxygen atoms in total. The highest BCUT2D eigenvalue weighted by Crippen LogP contribution is 2.26. The Morgan fingerprint density at radius 2 is 2.50 bits per heavy atom. The summed E-state index contributed by atoms with van der Waals surface area (Å²) in [5.41, 5.74) is 6.20. The molecular weight excluding hydrogens is 234 g/mol. The van der Waals surface area contributed by atoms with Gasteiger partial charge in [0, 0.05) is 19.3 Å². The summed E-state index contributed by atoms with van der Waals surface area (Å²) in [4.78, 5) is 17.2. The maximum atomic E-state index is 11.0. The number of nitrogens with two attached hydrogens (primary N) is 1. The number of nitrogen functional groups attached to an aromatic ring is 1. The molecular formula is C12H17N3O3. The van der Waals surface area contributed by atoms with Crippen LogP contribution in [0.3, 0.4) is 0 Å². The number of pyridine rings is 1. The zero-order valence-corrected chi connectivity index (χ0v) is 10.3. The molecule has 0 radical (unpaired) electrons. The van der Waals surface area contributed by atoms with E-state index in [1.54, 1.807) is 0 Å². The molecule has 1 fully saturated rings. The van der Waals surface area contributed by atoms with E-state index in [0.29, 0.717) is 25.5 Å². The molecule has 0 aromatic carbocycles. The fourth-order valence-corrected chi connectivity index (χ4v) is 2.06. The van der Waals surface area contributed by atoms with Crippen LogP contribution in [0.1, 0.15) is 23.7 Å². The lowest BCUT2D eigenvalue weighted by Gasteiger charge is -2.34. The van der Waals surface area contributed by atoms with Gasteiger partial charge in [-0.1, -0.05) is 6.92 Å². The summed E-state index contributed by atoms with van der Waals surface area (Å²) in [5.74, 6) is -0.492. The number of rotatable bonds is 3. The fraction of sp³-hybridized carbons (Fsp3) is 0.500. The first kappa shape index (κ1) is 12.6. The lowest BCUT2D eigenvalue weighted by atomic mass is 10.2. The summed E-state index contributed by atoms with van der Waals surface area (Å²) >= 11 is 0. The quantitative estimate of drug-likeness (QED) is 0.832. The Balaban J connectivity index is 2.27. The summed E-state index contributed by atoms with van der Waals surface area (Å²) in [5, 5.41) is 9.04. The predicted octanol–water partition coefficient (Wildman–Crippen LogP) is 0.977. The topological polar surface area (TPSA) is 88.7 Å². The maximum Gasteiger partial charge on any atom is 0.337 e. The second kappa shape index (κ2) is 5.22. The molecule has 1 aliphatic rings. The van der Waals surface area contributed by atoms with Crippen molar-refractivity contribution < 1.29 is 14.6 Å². The first-order valence-electron chi connectivity index (χ1n) is 5.97. The van der Waals surface area contributed by atoms with Crippen LogP contribution < -0.4 is 10.6 Å². The molecule has 3 N–H and O–H groups in total. The number of carboxylic acid groups (broad SMARTS) is 1. The second-order valence-electron chi connectivity index (χ2n) is 4.25. The van der Waals surface area contributed by atoms with E-state index in [1.165, 1.54) is 12.3 Å². The third kappa shape index (κ3) is 2.38. The number of nitrogens with zero attached hydrogens (tertiary/aromatic N) is 2. The number of ether oxygens (including phenoxy) is 1. The van der Waals surface area contributed by atoms with E-state index < -0.39 is 5.97 Å². The Morgan fingerprint density at radius 3 is 3.17 bits per heavy atom. The van der Waals surface area contributed by atoms with Crippen molar-refractivity contribution in [2.24, 2.45) is 0 Å². The number of anilines is 2. The van der Waals surface area contributed by atoms with Crippen molar-refractivity contribution in [3.05, 3.63) is 17.8 Å². The molecule has 1 aromatic rings. The number of carbonyl (C=O) groups is 1. The van der Waals surface area contributed by atoms with Crippen molar-refractivity contribution in [3.8, 4) is 0 Å². The van der Waals surface area contributed by atoms with E-state index in [1.807, 2.05) is 4.90 Å². The van der Waals surface area contributed by atoms with Gasteiger partial charge in [-0.25, -0.2) is 9.78 Å². The number of aromatic nitrogens is 1. The SMILES string of the molecule is CCC1CN(c2nccc(C(=O)O)c2N)CCO1. The monoisotopic (exact) mass is 251 g/mol. The number of hydrogen-bond donors (Lipinski definition) is 2. The molecule has 0 spiro atoms. The molecule has 18 heavy (non-hydrogen) atoms. The molecule has 98 valence electrons. The van der Waals surface area contributed by atoms with Gasteiger partial charge in [0.2, 0.25) is 0 Å². The van der Waals surface area contributed by atoms with Crippen LogP contribution in [0.2, 0.25) is 0 Å². The van der Waals surface area contributed by atoms with Gasteiger partial charge in [0.05, 0.1) is 24.0 Å². The van der Waals surface area contributed by atoms with Crippen LogP contribution in [0.25, 0.3) is 0 Å². The van der Waals surface area contributed by atoms with Crippen molar-refractivity contribution >= 4 is 17.5 Å². The van der Waals surface area contributed by atoms with Crippen LogP contribution in [0.5, 0.6) is 0 Å². The number of hydrogen-bond acceptors (Lipinski definition) is 5. The average molecular weight is 251 g/mol. The molecule has 2 rings (SSSR count). The van der Waals surface area contributed by atoms with Crippen LogP contribution in [-0.2, 0) is 4.74 Å². The number of morpholine rings is 1. The number of carboxylic acids is 1. The van der Waals surface area contributed by atoms with Gasteiger partial charge >= 0.3 is 5.97 Å². The van der Waals surface area contributed by atoms with Crippen molar-refractivity contribution in [3.63, 3.8) is 0 Å². The molecule has 0 saturated carbocycles. The van der Waals surface area contributed by atoms with Gasteiger partial charge in [-0.15, -0.1) is 0 Å². The molecule has 1 atom stereocenters. The third-order valence-corrected chi connectivity index (χ3v) is 3.09. The van der Waals surface area contributed by atoms with E-state index in [0.717, 1.165) is 6.42 Å². The summed E-state index contributed by atoms with van der Waals surface area (Å²) in [6, 6.07) is 1.42. The summed E-state index contributed by atoms with van der Waals surface area (Å²) in [7, 11) is 0. The zero-order chi connectivity index (χ0) is 13.1. The highest BCUT2D eigenvalue weighted by Gasteiger charge is 2.23. The molecule has 1 unspecified atom stereocenters. The molecule has 2 heterocycles. The van der Waals surface area contributed by atoms with E-state index in [9.17, 15) is 4.79 Å². The second-order valence-corrected chi connectivity index (χ2v) is 4.25. The predicted molar refractivity (Wildman–Crippen MR) is 67.9 cm³/mol. The third-order valence-electron chi connectivity index (χ3n) is 3.09. The van der Waals surface area contributed by atoms with Crippen molar-refractivity contribution in [1.82, 2.24) is 4.98 Å². The van der Waals surface area contributed by atoms with Crippen LogP contribution in [0, 0.1) is 0 Å². The highest BCUT2D eigenvalue weighted by atomic mass is 16.5. The standard InChI is InChI=1S/C12H17N3O3/c1-2-8-7-15(5-6-18-8)11-10(13)9(12(16)17)3-4-14-11/h3-4,8H,2,5-7,13H2,1H3,(H,16,17). The number of aromatic carboxylic acids is 1. The average Bonchev–Trinajstić information content (AvgIpc) is 2.38. The van der Waals surface area contributed by atoms with Crippen LogP contribution >= 0.6 is 0 Å². The lowest BCUT2D eigenvalue weighted by molar-refractivity contribution is 0.0382. The van der Waals surface area contributed by atoms with Crippen molar-refractivity contribution in [2.75, 3.05) is 30.3 Å². The molecule has 6 heteroatoms.